The van der Waals surface area contributed by atoms with Crippen molar-refractivity contribution in [2.45, 2.75) is 6.42 Å². The van der Waals surface area contributed by atoms with Crippen LogP contribution in [0, 0.1) is 10.1 Å². The van der Waals surface area contributed by atoms with Gasteiger partial charge in [-0.25, -0.2) is 9.78 Å². The van der Waals surface area contributed by atoms with Gasteiger partial charge in [0, 0.05) is 19.7 Å². The first-order chi connectivity index (χ1) is 8.47. The van der Waals surface area contributed by atoms with Gasteiger partial charge in [-0.05, 0) is 6.42 Å². The summed E-state index contributed by atoms with van der Waals surface area (Å²) in [6.07, 6.45) is 3.39. The van der Waals surface area contributed by atoms with Crippen molar-refractivity contribution in [1.82, 2.24) is 4.98 Å². The van der Waals surface area contributed by atoms with Crippen LogP contribution >= 0.6 is 0 Å². The maximum absolute atomic E-state index is 10.9. The molecule has 0 unspecified atom stereocenters. The monoisotopic (exact) mass is 251 g/mol. The molecule has 0 atom stereocenters. The van der Waals surface area contributed by atoms with Crippen LogP contribution in [0.25, 0.3) is 0 Å². The fourth-order valence-corrected chi connectivity index (χ4v) is 1.36. The molecule has 0 saturated carbocycles. The lowest BCUT2D eigenvalue weighted by molar-refractivity contribution is -0.385. The summed E-state index contributed by atoms with van der Waals surface area (Å²) >= 11 is 0. The Kier molecular flexibility index (Phi) is 4.36. The van der Waals surface area contributed by atoms with E-state index in [2.05, 4.69) is 11.6 Å². The van der Waals surface area contributed by atoms with E-state index in [1.165, 1.54) is 6.07 Å². The van der Waals surface area contributed by atoms with Crippen molar-refractivity contribution in [1.29, 1.82) is 0 Å². The lowest BCUT2D eigenvalue weighted by Crippen LogP contribution is -2.20. The minimum Gasteiger partial charge on any atom is -0.477 e. The van der Waals surface area contributed by atoms with E-state index in [0.29, 0.717) is 18.8 Å². The number of aromatic carboxylic acids is 1. The normalized spacial score (nSPS) is 9.83. The topological polar surface area (TPSA) is 96.6 Å². The molecule has 0 bridgehead atoms. The number of pyridine rings is 1. The fourth-order valence-electron chi connectivity index (χ4n) is 1.36. The van der Waals surface area contributed by atoms with Gasteiger partial charge in [-0.1, -0.05) is 6.08 Å². The molecular weight excluding hydrogens is 238 g/mol. The molecule has 1 rings (SSSR count). The Balaban J connectivity index is 3.10. The lowest BCUT2D eigenvalue weighted by atomic mass is 10.2. The average Bonchev–Trinajstić information content (AvgIpc) is 2.34. The Bertz CT molecular complexity index is 487. The van der Waals surface area contributed by atoms with Gasteiger partial charge < -0.3 is 10.0 Å². The van der Waals surface area contributed by atoms with Crippen LogP contribution < -0.4 is 4.90 Å². The van der Waals surface area contributed by atoms with E-state index < -0.39 is 16.6 Å². The number of rotatable bonds is 6. The highest BCUT2D eigenvalue weighted by Crippen LogP contribution is 2.21. The second-order valence-corrected chi connectivity index (χ2v) is 3.62. The maximum Gasteiger partial charge on any atom is 0.342 e. The molecule has 1 aromatic heterocycles. The number of carbonyl (C=O) groups is 1. The number of nitro groups is 1. The van der Waals surface area contributed by atoms with Crippen molar-refractivity contribution < 1.29 is 14.8 Å². The zero-order chi connectivity index (χ0) is 13.7. The summed E-state index contributed by atoms with van der Waals surface area (Å²) in [5, 5.41) is 19.6. The third-order valence-corrected chi connectivity index (χ3v) is 2.36. The first kappa shape index (κ1) is 13.6. The second kappa shape index (κ2) is 5.76. The molecule has 96 valence electrons. The van der Waals surface area contributed by atoms with Crippen LogP contribution in [-0.2, 0) is 0 Å². The minimum absolute atomic E-state index is 0.365. The number of carboxylic acids is 1. The molecule has 1 N–H and O–H groups in total. The van der Waals surface area contributed by atoms with Gasteiger partial charge in [0.25, 0.3) is 0 Å². The zero-order valence-corrected chi connectivity index (χ0v) is 9.87. The van der Waals surface area contributed by atoms with Gasteiger partial charge in [-0.2, -0.15) is 0 Å². The molecule has 0 saturated heterocycles. The number of hydrogen-bond acceptors (Lipinski definition) is 5. The molecule has 7 nitrogen and oxygen atoms in total. The highest BCUT2D eigenvalue weighted by molar-refractivity contribution is 5.93. The summed E-state index contributed by atoms with van der Waals surface area (Å²) in [4.78, 5) is 26.4. The Morgan fingerprint density at radius 3 is 2.89 bits per heavy atom. The maximum atomic E-state index is 10.9. The molecule has 0 aliphatic carbocycles. The fraction of sp³-hybridized carbons (Fsp3) is 0.273. The van der Waals surface area contributed by atoms with Gasteiger partial charge in [0.15, 0.2) is 0 Å². The van der Waals surface area contributed by atoms with E-state index in [4.69, 9.17) is 5.11 Å². The molecule has 0 fully saturated rings. The third kappa shape index (κ3) is 3.03. The lowest BCUT2D eigenvalue weighted by Gasteiger charge is -2.17. The first-order valence-electron chi connectivity index (χ1n) is 5.17. The minimum atomic E-state index is -1.34. The van der Waals surface area contributed by atoms with Crippen molar-refractivity contribution in [3.8, 4) is 0 Å². The zero-order valence-electron chi connectivity index (χ0n) is 9.87. The SMILES string of the molecule is C=CCCN(C)c1cc(C(=O)O)c([N+](=O)[O-])cn1. The Morgan fingerprint density at radius 1 is 1.72 bits per heavy atom. The van der Waals surface area contributed by atoms with E-state index >= 15 is 0 Å². The molecule has 1 aromatic rings. The van der Waals surface area contributed by atoms with Crippen LogP contribution in [0.15, 0.2) is 24.9 Å². The molecule has 0 aliphatic rings. The van der Waals surface area contributed by atoms with Crippen molar-refractivity contribution in [2.24, 2.45) is 0 Å². The summed E-state index contributed by atoms with van der Waals surface area (Å²) < 4.78 is 0. The van der Waals surface area contributed by atoms with Gasteiger partial charge in [0.2, 0.25) is 0 Å². The quantitative estimate of drug-likeness (QED) is 0.469. The molecule has 0 amide bonds. The highest BCUT2D eigenvalue weighted by Gasteiger charge is 2.21. The Labute approximate surface area is 104 Å². The van der Waals surface area contributed by atoms with Gasteiger partial charge in [0.05, 0.1) is 4.92 Å². The van der Waals surface area contributed by atoms with Crippen LogP contribution in [0.3, 0.4) is 0 Å². The number of carboxylic acid groups (broad SMARTS) is 1. The van der Waals surface area contributed by atoms with Crippen molar-refractivity contribution in [3.63, 3.8) is 0 Å². The number of aromatic nitrogens is 1. The third-order valence-electron chi connectivity index (χ3n) is 2.36. The van der Waals surface area contributed by atoms with Crippen LogP contribution in [0.1, 0.15) is 16.8 Å². The summed E-state index contributed by atoms with van der Waals surface area (Å²) in [5.74, 6) is -0.970. The van der Waals surface area contributed by atoms with E-state index in [1.807, 2.05) is 0 Å². The first-order valence-corrected chi connectivity index (χ1v) is 5.17. The van der Waals surface area contributed by atoms with Crippen molar-refractivity contribution in [2.75, 3.05) is 18.5 Å². The summed E-state index contributed by atoms with van der Waals surface area (Å²) in [5.41, 5.74) is -0.876. The second-order valence-electron chi connectivity index (χ2n) is 3.62. The van der Waals surface area contributed by atoms with Crippen LogP contribution in [0.2, 0.25) is 0 Å². The van der Waals surface area contributed by atoms with E-state index in [-0.39, 0.29) is 5.56 Å². The number of nitrogens with zero attached hydrogens (tertiary/aromatic N) is 3. The smallest absolute Gasteiger partial charge is 0.342 e. The van der Waals surface area contributed by atoms with Crippen LogP contribution in [-0.4, -0.2) is 34.6 Å². The van der Waals surface area contributed by atoms with E-state index in [1.54, 1.807) is 18.0 Å². The molecule has 18 heavy (non-hydrogen) atoms. The number of hydrogen-bond donors (Lipinski definition) is 1. The predicted molar refractivity (Wildman–Crippen MR) is 65.9 cm³/mol. The van der Waals surface area contributed by atoms with E-state index in [9.17, 15) is 14.9 Å². The molecule has 0 spiro atoms. The Hall–Kier alpha value is -2.44. The van der Waals surface area contributed by atoms with Crippen molar-refractivity contribution in [3.05, 3.63) is 40.6 Å². The van der Waals surface area contributed by atoms with Gasteiger partial charge in [0.1, 0.15) is 17.6 Å². The van der Waals surface area contributed by atoms with Gasteiger partial charge >= 0.3 is 11.7 Å². The molecule has 0 aliphatic heterocycles. The van der Waals surface area contributed by atoms with Gasteiger partial charge in [-0.15, -0.1) is 6.58 Å². The summed E-state index contributed by atoms with van der Waals surface area (Å²) in [6.45, 7) is 4.18. The standard InChI is InChI=1S/C11H13N3O4/c1-3-4-5-13(2)10-6-8(11(15)16)9(7-12-10)14(17)18/h3,6-7H,1,4-5H2,2H3,(H,15,16). The predicted octanol–water partition coefficient (Wildman–Crippen LogP) is 1.70. The van der Waals surface area contributed by atoms with Gasteiger partial charge in [-0.3, -0.25) is 10.1 Å². The molecule has 0 radical (unpaired) electrons. The summed E-state index contributed by atoms with van der Waals surface area (Å²) in [7, 11) is 1.73. The Morgan fingerprint density at radius 2 is 2.39 bits per heavy atom. The number of anilines is 1. The highest BCUT2D eigenvalue weighted by atomic mass is 16.6. The van der Waals surface area contributed by atoms with E-state index in [0.717, 1.165) is 6.20 Å². The van der Waals surface area contributed by atoms with Crippen molar-refractivity contribution >= 4 is 17.5 Å². The molecular formula is C11H13N3O4. The average molecular weight is 251 g/mol. The summed E-state index contributed by atoms with van der Waals surface area (Å²) in [6, 6.07) is 1.20. The largest absolute Gasteiger partial charge is 0.477 e. The molecule has 7 heteroatoms. The van der Waals surface area contributed by atoms with Crippen LogP contribution in [0.4, 0.5) is 11.5 Å². The molecule has 1 heterocycles. The molecule has 0 aromatic carbocycles. The van der Waals surface area contributed by atoms with Crippen LogP contribution in [0.5, 0.6) is 0 Å².